The van der Waals surface area contributed by atoms with Gasteiger partial charge in [-0.05, 0) is 68.5 Å². The van der Waals surface area contributed by atoms with Gasteiger partial charge >= 0.3 is 0 Å². The van der Waals surface area contributed by atoms with Crippen molar-refractivity contribution in [3.8, 4) is 0 Å². The molecular formula is C13H18BrN. The highest BCUT2D eigenvalue weighted by Crippen LogP contribution is 2.21. The van der Waals surface area contributed by atoms with Gasteiger partial charge < -0.3 is 5.32 Å². The number of piperidine rings is 1. The lowest BCUT2D eigenvalue weighted by molar-refractivity contribution is 0.372. The molecule has 0 atom stereocenters. The molecule has 0 aliphatic carbocycles. The van der Waals surface area contributed by atoms with Gasteiger partial charge in [-0.15, -0.1) is 0 Å². The van der Waals surface area contributed by atoms with Gasteiger partial charge in [0, 0.05) is 4.47 Å². The van der Waals surface area contributed by atoms with Crippen LogP contribution in [0.5, 0.6) is 0 Å². The van der Waals surface area contributed by atoms with Gasteiger partial charge in [-0.1, -0.05) is 22.0 Å². The largest absolute Gasteiger partial charge is 0.317 e. The lowest BCUT2D eigenvalue weighted by Crippen LogP contribution is -2.28. The minimum Gasteiger partial charge on any atom is -0.317 e. The predicted octanol–water partition coefficient (Wildman–Crippen LogP) is 3.30. The lowest BCUT2D eigenvalue weighted by atomic mass is 9.90. The summed E-state index contributed by atoms with van der Waals surface area (Å²) in [6, 6.07) is 6.74. The van der Waals surface area contributed by atoms with Gasteiger partial charge in [0.15, 0.2) is 0 Å². The quantitative estimate of drug-likeness (QED) is 0.867. The zero-order valence-corrected chi connectivity index (χ0v) is 10.8. The summed E-state index contributed by atoms with van der Waals surface area (Å²) in [7, 11) is 0. The van der Waals surface area contributed by atoms with E-state index in [1.165, 1.54) is 48.0 Å². The summed E-state index contributed by atoms with van der Waals surface area (Å²) in [6.07, 6.45) is 3.89. The Morgan fingerprint density at radius 3 is 2.67 bits per heavy atom. The van der Waals surface area contributed by atoms with Gasteiger partial charge in [-0.25, -0.2) is 0 Å². The highest BCUT2D eigenvalue weighted by molar-refractivity contribution is 9.10. The Kier molecular flexibility index (Phi) is 3.81. The van der Waals surface area contributed by atoms with Gasteiger partial charge in [0.1, 0.15) is 0 Å². The summed E-state index contributed by atoms with van der Waals surface area (Å²) in [4.78, 5) is 0. The molecule has 0 saturated carbocycles. The van der Waals surface area contributed by atoms with Crippen molar-refractivity contribution in [2.75, 3.05) is 13.1 Å². The molecule has 1 aliphatic heterocycles. The summed E-state index contributed by atoms with van der Waals surface area (Å²) < 4.78 is 1.21. The number of hydrogen-bond donors (Lipinski definition) is 1. The third kappa shape index (κ3) is 3.32. The van der Waals surface area contributed by atoms with Crippen molar-refractivity contribution in [1.29, 1.82) is 0 Å². The molecule has 0 unspecified atom stereocenters. The number of benzene rings is 1. The molecule has 0 amide bonds. The van der Waals surface area contributed by atoms with E-state index in [0.717, 1.165) is 5.92 Å². The average Bonchev–Trinajstić information content (AvgIpc) is 2.17. The Labute approximate surface area is 100 Å². The van der Waals surface area contributed by atoms with Crippen LogP contribution in [-0.2, 0) is 6.42 Å². The van der Waals surface area contributed by atoms with Gasteiger partial charge in [-0.3, -0.25) is 0 Å². The van der Waals surface area contributed by atoms with E-state index in [1.807, 2.05) is 0 Å². The number of halogens is 1. The third-order valence-electron chi connectivity index (χ3n) is 3.09. The highest BCUT2D eigenvalue weighted by atomic mass is 79.9. The van der Waals surface area contributed by atoms with Gasteiger partial charge in [-0.2, -0.15) is 0 Å². The van der Waals surface area contributed by atoms with E-state index in [0.29, 0.717) is 0 Å². The SMILES string of the molecule is Cc1cc(Br)cc(CC2CCNCC2)c1. The number of rotatable bonds is 2. The number of aryl methyl sites for hydroxylation is 1. The molecule has 1 heterocycles. The van der Waals surface area contributed by atoms with Crippen LogP contribution in [0.4, 0.5) is 0 Å². The summed E-state index contributed by atoms with van der Waals surface area (Å²) in [5.41, 5.74) is 2.84. The van der Waals surface area contributed by atoms with Crippen molar-refractivity contribution in [2.45, 2.75) is 26.2 Å². The Morgan fingerprint density at radius 1 is 1.27 bits per heavy atom. The van der Waals surface area contributed by atoms with Crippen molar-refractivity contribution in [2.24, 2.45) is 5.92 Å². The second-order valence-electron chi connectivity index (χ2n) is 4.53. The maximum Gasteiger partial charge on any atom is 0.0180 e. The normalized spacial score (nSPS) is 18.0. The fourth-order valence-corrected chi connectivity index (χ4v) is 3.00. The first-order valence-electron chi connectivity index (χ1n) is 5.71. The lowest BCUT2D eigenvalue weighted by Gasteiger charge is -2.22. The number of nitrogens with one attached hydrogen (secondary N) is 1. The Bertz CT molecular complexity index is 309. The molecule has 1 saturated heterocycles. The average molecular weight is 268 g/mol. The van der Waals surface area contributed by atoms with Crippen molar-refractivity contribution >= 4 is 15.9 Å². The minimum atomic E-state index is 0.875. The van der Waals surface area contributed by atoms with Crippen molar-refractivity contribution < 1.29 is 0 Å². The van der Waals surface area contributed by atoms with Crippen LogP contribution in [0.3, 0.4) is 0 Å². The van der Waals surface area contributed by atoms with Crippen LogP contribution < -0.4 is 5.32 Å². The van der Waals surface area contributed by atoms with Crippen LogP contribution in [0.1, 0.15) is 24.0 Å². The van der Waals surface area contributed by atoms with Crippen LogP contribution in [-0.4, -0.2) is 13.1 Å². The number of hydrogen-bond acceptors (Lipinski definition) is 1. The molecule has 2 heteroatoms. The maximum absolute atomic E-state index is 3.57. The molecule has 1 N–H and O–H groups in total. The van der Waals surface area contributed by atoms with E-state index in [2.05, 4.69) is 46.4 Å². The molecule has 0 radical (unpaired) electrons. The van der Waals surface area contributed by atoms with E-state index in [9.17, 15) is 0 Å². The molecule has 82 valence electrons. The second kappa shape index (κ2) is 5.13. The topological polar surface area (TPSA) is 12.0 Å². The molecule has 15 heavy (non-hydrogen) atoms. The first kappa shape index (κ1) is 11.2. The Balaban J connectivity index is 2.02. The Morgan fingerprint density at radius 2 is 2.00 bits per heavy atom. The highest BCUT2D eigenvalue weighted by Gasteiger charge is 2.13. The fourth-order valence-electron chi connectivity index (χ4n) is 2.35. The monoisotopic (exact) mass is 267 g/mol. The van der Waals surface area contributed by atoms with E-state index in [1.54, 1.807) is 0 Å². The van der Waals surface area contributed by atoms with Crippen LogP contribution in [0.15, 0.2) is 22.7 Å². The standard InChI is InChI=1S/C13H18BrN/c1-10-6-12(9-13(14)7-10)8-11-2-4-15-5-3-11/h6-7,9,11,15H,2-5,8H2,1H3. The molecular weight excluding hydrogens is 250 g/mol. The molecule has 1 aromatic rings. The summed E-state index contributed by atoms with van der Waals surface area (Å²) in [6.45, 7) is 4.55. The first-order valence-corrected chi connectivity index (χ1v) is 6.50. The van der Waals surface area contributed by atoms with E-state index in [-0.39, 0.29) is 0 Å². The zero-order valence-electron chi connectivity index (χ0n) is 9.22. The minimum absolute atomic E-state index is 0.875. The molecule has 0 aromatic heterocycles. The Hall–Kier alpha value is -0.340. The molecule has 1 fully saturated rings. The van der Waals surface area contributed by atoms with Crippen molar-refractivity contribution in [3.05, 3.63) is 33.8 Å². The van der Waals surface area contributed by atoms with Crippen molar-refractivity contribution in [3.63, 3.8) is 0 Å². The second-order valence-corrected chi connectivity index (χ2v) is 5.45. The molecule has 1 aromatic carbocycles. The molecule has 1 nitrogen and oxygen atoms in total. The van der Waals surface area contributed by atoms with Crippen LogP contribution in [0, 0.1) is 12.8 Å². The molecule has 1 aliphatic rings. The third-order valence-corrected chi connectivity index (χ3v) is 3.54. The zero-order chi connectivity index (χ0) is 10.7. The smallest absolute Gasteiger partial charge is 0.0180 e. The van der Waals surface area contributed by atoms with Gasteiger partial charge in [0.05, 0.1) is 0 Å². The first-order chi connectivity index (χ1) is 7.24. The summed E-state index contributed by atoms with van der Waals surface area (Å²) >= 11 is 3.57. The van der Waals surface area contributed by atoms with Gasteiger partial charge in [0.25, 0.3) is 0 Å². The molecule has 2 rings (SSSR count). The maximum atomic E-state index is 3.57. The predicted molar refractivity (Wildman–Crippen MR) is 68.2 cm³/mol. The van der Waals surface area contributed by atoms with E-state index >= 15 is 0 Å². The fraction of sp³-hybridized carbons (Fsp3) is 0.538. The van der Waals surface area contributed by atoms with Gasteiger partial charge in [0.2, 0.25) is 0 Å². The molecule has 0 bridgehead atoms. The molecule has 0 spiro atoms. The van der Waals surface area contributed by atoms with E-state index < -0.39 is 0 Å². The summed E-state index contributed by atoms with van der Waals surface area (Å²) in [5, 5.41) is 3.41. The van der Waals surface area contributed by atoms with Crippen LogP contribution >= 0.6 is 15.9 Å². The van der Waals surface area contributed by atoms with E-state index in [4.69, 9.17) is 0 Å². The van der Waals surface area contributed by atoms with Crippen molar-refractivity contribution in [1.82, 2.24) is 5.32 Å². The summed E-state index contributed by atoms with van der Waals surface area (Å²) in [5.74, 6) is 0.875. The van der Waals surface area contributed by atoms with Crippen LogP contribution in [0.2, 0.25) is 0 Å². The van der Waals surface area contributed by atoms with Crippen LogP contribution in [0.25, 0.3) is 0 Å².